The number of nitrogens with one attached hydrogen (secondary N) is 1. The first kappa shape index (κ1) is 17.9. The van der Waals surface area contributed by atoms with Gasteiger partial charge in [0.15, 0.2) is 5.01 Å². The van der Waals surface area contributed by atoms with Crippen LogP contribution in [0.25, 0.3) is 11.1 Å². The summed E-state index contributed by atoms with van der Waals surface area (Å²) in [5, 5.41) is 12.8. The summed E-state index contributed by atoms with van der Waals surface area (Å²) in [7, 11) is 0. The summed E-state index contributed by atoms with van der Waals surface area (Å²) in [4.78, 5) is 12.2. The minimum Gasteiger partial charge on any atom is -0.320 e. The van der Waals surface area contributed by atoms with Crippen LogP contribution in [-0.4, -0.2) is 16.1 Å². The van der Waals surface area contributed by atoms with E-state index in [4.69, 9.17) is 34.8 Å². The fraction of sp³-hybridized carbons (Fsp3) is 0. The highest BCUT2D eigenvalue weighted by Crippen LogP contribution is 2.26. The van der Waals surface area contributed by atoms with Crippen LogP contribution >= 0.6 is 46.1 Å². The number of anilines is 1. The summed E-state index contributed by atoms with van der Waals surface area (Å²) in [6, 6.07) is 14.0. The van der Waals surface area contributed by atoms with Gasteiger partial charge in [-0.25, -0.2) is 0 Å². The Morgan fingerprint density at radius 3 is 2.44 bits per heavy atom. The molecule has 3 aromatic rings. The van der Waals surface area contributed by atoms with E-state index < -0.39 is 0 Å². The molecule has 3 rings (SSSR count). The van der Waals surface area contributed by atoms with Crippen LogP contribution in [0.2, 0.25) is 10.0 Å². The van der Waals surface area contributed by atoms with Gasteiger partial charge in [0.2, 0.25) is 5.01 Å². The minimum atomic E-state index is -0.363. The van der Waals surface area contributed by atoms with E-state index in [0.717, 1.165) is 16.9 Å². The van der Waals surface area contributed by atoms with Gasteiger partial charge in [0.25, 0.3) is 5.91 Å². The summed E-state index contributed by atoms with van der Waals surface area (Å²) in [6.45, 7) is 0. The molecule has 0 saturated carbocycles. The predicted octanol–water partition coefficient (Wildman–Crippen LogP) is 5.83. The molecule has 1 amide bonds. The van der Waals surface area contributed by atoms with Crippen LogP contribution in [-0.2, 0) is 0 Å². The molecule has 25 heavy (non-hydrogen) atoms. The molecular weight excluding hydrogens is 401 g/mol. The van der Waals surface area contributed by atoms with Crippen LogP contribution in [0.5, 0.6) is 0 Å². The van der Waals surface area contributed by atoms with Crippen molar-refractivity contribution in [3.8, 4) is 0 Å². The van der Waals surface area contributed by atoms with Crippen molar-refractivity contribution < 1.29 is 4.79 Å². The number of amides is 1. The van der Waals surface area contributed by atoms with Crippen LogP contribution in [0.4, 0.5) is 5.69 Å². The molecular formula is C17H10Cl3N3OS. The molecule has 0 unspecified atom stereocenters. The minimum absolute atomic E-state index is 0.211. The molecule has 0 fully saturated rings. The molecule has 0 aliphatic rings. The highest BCUT2D eigenvalue weighted by Gasteiger charge is 2.15. The maximum Gasteiger partial charge on any atom is 0.286 e. The maximum atomic E-state index is 12.2. The molecule has 0 aliphatic carbocycles. The molecule has 0 spiro atoms. The second-order valence-corrected chi connectivity index (χ2v) is 7.18. The molecule has 0 bridgehead atoms. The SMILES string of the molecule is O=C(Nc1ccc(Cl)cc1)c1nnc(/C(Cl)=C\c2cccc(Cl)c2)s1. The molecule has 4 nitrogen and oxygen atoms in total. The third-order valence-electron chi connectivity index (χ3n) is 3.07. The van der Waals surface area contributed by atoms with Crippen molar-refractivity contribution in [1.82, 2.24) is 10.2 Å². The number of aromatic nitrogens is 2. The molecule has 0 aliphatic heterocycles. The van der Waals surface area contributed by atoms with Gasteiger partial charge in [-0.15, -0.1) is 10.2 Å². The number of benzene rings is 2. The summed E-state index contributed by atoms with van der Waals surface area (Å²) >= 11 is 19.1. The van der Waals surface area contributed by atoms with Crippen molar-refractivity contribution in [2.45, 2.75) is 0 Å². The summed E-state index contributed by atoms with van der Waals surface area (Å²) in [5.41, 5.74) is 1.45. The monoisotopic (exact) mass is 409 g/mol. The zero-order valence-corrected chi connectivity index (χ0v) is 15.6. The Morgan fingerprint density at radius 2 is 1.72 bits per heavy atom. The van der Waals surface area contributed by atoms with Crippen molar-refractivity contribution in [3.63, 3.8) is 0 Å². The Morgan fingerprint density at radius 1 is 1.00 bits per heavy atom. The third-order valence-corrected chi connectivity index (χ3v) is 4.91. The molecule has 0 saturated heterocycles. The zero-order valence-electron chi connectivity index (χ0n) is 12.5. The van der Waals surface area contributed by atoms with Gasteiger partial charge in [0.1, 0.15) is 0 Å². The quantitative estimate of drug-likeness (QED) is 0.588. The summed E-state index contributed by atoms with van der Waals surface area (Å²) in [5.74, 6) is -0.363. The smallest absolute Gasteiger partial charge is 0.286 e. The third kappa shape index (κ3) is 4.80. The second kappa shape index (κ2) is 7.97. The van der Waals surface area contributed by atoms with E-state index in [1.165, 1.54) is 0 Å². The van der Waals surface area contributed by atoms with Crippen LogP contribution in [0.15, 0.2) is 48.5 Å². The number of hydrogen-bond acceptors (Lipinski definition) is 4. The average Bonchev–Trinajstić information content (AvgIpc) is 3.07. The largest absolute Gasteiger partial charge is 0.320 e. The van der Waals surface area contributed by atoms with Crippen molar-refractivity contribution in [2.75, 3.05) is 5.32 Å². The van der Waals surface area contributed by atoms with Crippen LogP contribution in [0, 0.1) is 0 Å². The van der Waals surface area contributed by atoms with Gasteiger partial charge in [0.05, 0.1) is 5.03 Å². The summed E-state index contributed by atoms with van der Waals surface area (Å²) in [6.07, 6.45) is 1.72. The Balaban J connectivity index is 1.75. The Hall–Kier alpha value is -1.92. The fourth-order valence-corrected chi connectivity index (χ4v) is 3.18. The first-order valence-electron chi connectivity index (χ1n) is 7.05. The van der Waals surface area contributed by atoms with Gasteiger partial charge < -0.3 is 5.32 Å². The second-order valence-electron chi connectivity index (χ2n) is 4.92. The summed E-state index contributed by atoms with van der Waals surface area (Å²) < 4.78 is 0. The van der Waals surface area contributed by atoms with Crippen LogP contribution in [0.1, 0.15) is 20.4 Å². The highest BCUT2D eigenvalue weighted by molar-refractivity contribution is 7.15. The van der Waals surface area contributed by atoms with Crippen LogP contribution in [0.3, 0.4) is 0 Å². The number of hydrogen-bond donors (Lipinski definition) is 1. The van der Waals surface area contributed by atoms with E-state index in [1.807, 2.05) is 12.1 Å². The van der Waals surface area contributed by atoms with E-state index in [9.17, 15) is 4.79 Å². The van der Waals surface area contributed by atoms with E-state index >= 15 is 0 Å². The van der Waals surface area contributed by atoms with E-state index in [-0.39, 0.29) is 10.9 Å². The lowest BCUT2D eigenvalue weighted by Gasteiger charge is -2.01. The lowest BCUT2D eigenvalue weighted by molar-refractivity contribution is 0.102. The van der Waals surface area contributed by atoms with E-state index in [0.29, 0.717) is 25.8 Å². The van der Waals surface area contributed by atoms with E-state index in [1.54, 1.807) is 42.5 Å². The zero-order chi connectivity index (χ0) is 17.8. The van der Waals surface area contributed by atoms with Gasteiger partial charge in [0, 0.05) is 15.7 Å². The molecule has 0 atom stereocenters. The topological polar surface area (TPSA) is 54.9 Å². The Kier molecular flexibility index (Phi) is 5.71. The molecule has 8 heteroatoms. The lowest BCUT2D eigenvalue weighted by atomic mass is 10.2. The molecule has 1 heterocycles. The van der Waals surface area contributed by atoms with Gasteiger partial charge in [-0.2, -0.15) is 0 Å². The normalized spacial score (nSPS) is 11.4. The fourth-order valence-electron chi connectivity index (χ4n) is 1.93. The molecule has 1 N–H and O–H groups in total. The Bertz CT molecular complexity index is 938. The molecule has 2 aromatic carbocycles. The van der Waals surface area contributed by atoms with Crippen molar-refractivity contribution >= 4 is 68.8 Å². The first-order chi connectivity index (χ1) is 12.0. The van der Waals surface area contributed by atoms with Crippen molar-refractivity contribution in [3.05, 3.63) is 74.2 Å². The van der Waals surface area contributed by atoms with Gasteiger partial charge >= 0.3 is 0 Å². The maximum absolute atomic E-state index is 12.2. The number of nitrogens with zero attached hydrogens (tertiary/aromatic N) is 2. The molecule has 1 aromatic heterocycles. The Labute approximate surface area is 163 Å². The average molecular weight is 411 g/mol. The number of carbonyl (C=O) groups excluding carboxylic acids is 1. The first-order valence-corrected chi connectivity index (χ1v) is 9.00. The lowest BCUT2D eigenvalue weighted by Crippen LogP contribution is -2.11. The number of rotatable bonds is 4. The molecule has 0 radical (unpaired) electrons. The molecule has 126 valence electrons. The number of carbonyl (C=O) groups is 1. The van der Waals surface area contributed by atoms with Crippen molar-refractivity contribution in [2.24, 2.45) is 0 Å². The highest BCUT2D eigenvalue weighted by atomic mass is 35.5. The van der Waals surface area contributed by atoms with Crippen LogP contribution < -0.4 is 5.32 Å². The van der Waals surface area contributed by atoms with E-state index in [2.05, 4.69) is 15.5 Å². The number of halogens is 3. The predicted molar refractivity (Wildman–Crippen MR) is 104 cm³/mol. The van der Waals surface area contributed by atoms with Crippen molar-refractivity contribution in [1.29, 1.82) is 0 Å². The van der Waals surface area contributed by atoms with Gasteiger partial charge in [-0.3, -0.25) is 4.79 Å². The van der Waals surface area contributed by atoms with Gasteiger partial charge in [-0.1, -0.05) is 58.3 Å². The standard InChI is InChI=1S/C17H10Cl3N3OS/c18-11-4-6-13(7-5-11)21-15(24)17-23-22-16(25-17)14(20)9-10-2-1-3-12(19)8-10/h1-9H,(H,21,24)/b14-9+. The van der Waals surface area contributed by atoms with Gasteiger partial charge in [-0.05, 0) is 48.0 Å².